The van der Waals surface area contributed by atoms with Crippen molar-refractivity contribution in [2.75, 3.05) is 19.6 Å². The summed E-state index contributed by atoms with van der Waals surface area (Å²) in [7, 11) is 0. The van der Waals surface area contributed by atoms with Crippen LogP contribution in [0.2, 0.25) is 10.0 Å². The fraction of sp³-hybridized carbons (Fsp3) is 0.409. The van der Waals surface area contributed by atoms with Gasteiger partial charge in [0.1, 0.15) is 0 Å². The SMILES string of the molecule is O=C(C1CCN(Cc2ccc(Cl)c(Cl)c2)CC1)N1CCc2ccccc2C1. The van der Waals surface area contributed by atoms with Gasteiger partial charge >= 0.3 is 0 Å². The van der Waals surface area contributed by atoms with Crippen molar-refractivity contribution in [3.8, 4) is 0 Å². The maximum Gasteiger partial charge on any atom is 0.226 e. The van der Waals surface area contributed by atoms with E-state index >= 15 is 0 Å². The molecule has 1 amide bonds. The third kappa shape index (κ3) is 4.31. The topological polar surface area (TPSA) is 23.6 Å². The predicted molar refractivity (Wildman–Crippen MR) is 110 cm³/mol. The smallest absolute Gasteiger partial charge is 0.226 e. The van der Waals surface area contributed by atoms with Gasteiger partial charge in [-0.2, -0.15) is 0 Å². The lowest BCUT2D eigenvalue weighted by molar-refractivity contribution is -0.138. The Morgan fingerprint density at radius 1 is 0.963 bits per heavy atom. The molecular formula is C22H24Cl2N2O. The molecule has 1 saturated heterocycles. The molecule has 4 rings (SSSR count). The van der Waals surface area contributed by atoms with E-state index in [0.717, 1.165) is 52.0 Å². The van der Waals surface area contributed by atoms with E-state index < -0.39 is 0 Å². The number of likely N-dealkylation sites (tertiary alicyclic amines) is 1. The normalized spacial score (nSPS) is 18.4. The molecule has 0 atom stereocenters. The van der Waals surface area contributed by atoms with E-state index in [-0.39, 0.29) is 5.92 Å². The molecule has 5 heteroatoms. The van der Waals surface area contributed by atoms with Crippen LogP contribution in [0.15, 0.2) is 42.5 Å². The van der Waals surface area contributed by atoms with E-state index in [1.54, 1.807) is 0 Å². The molecule has 3 nitrogen and oxygen atoms in total. The largest absolute Gasteiger partial charge is 0.338 e. The molecule has 0 N–H and O–H groups in total. The molecule has 0 spiro atoms. The van der Waals surface area contributed by atoms with Crippen molar-refractivity contribution >= 4 is 29.1 Å². The molecule has 2 aromatic rings. The van der Waals surface area contributed by atoms with Crippen LogP contribution in [-0.2, 0) is 24.3 Å². The van der Waals surface area contributed by atoms with Gasteiger partial charge in [-0.3, -0.25) is 9.69 Å². The summed E-state index contributed by atoms with van der Waals surface area (Å²) >= 11 is 12.1. The highest BCUT2D eigenvalue weighted by molar-refractivity contribution is 6.42. The van der Waals surface area contributed by atoms with Gasteiger partial charge < -0.3 is 4.90 Å². The molecule has 0 aliphatic carbocycles. The number of fused-ring (bicyclic) bond motifs is 1. The Morgan fingerprint density at radius 2 is 1.70 bits per heavy atom. The third-order valence-corrected chi connectivity index (χ3v) is 6.51. The van der Waals surface area contributed by atoms with Crippen LogP contribution in [0.3, 0.4) is 0 Å². The lowest BCUT2D eigenvalue weighted by Gasteiger charge is -2.36. The summed E-state index contributed by atoms with van der Waals surface area (Å²) in [4.78, 5) is 17.4. The molecule has 0 unspecified atom stereocenters. The van der Waals surface area contributed by atoms with Crippen LogP contribution in [0.5, 0.6) is 0 Å². The van der Waals surface area contributed by atoms with Gasteiger partial charge in [-0.25, -0.2) is 0 Å². The number of hydrogen-bond donors (Lipinski definition) is 0. The van der Waals surface area contributed by atoms with Gasteiger partial charge in [0.25, 0.3) is 0 Å². The van der Waals surface area contributed by atoms with E-state index in [2.05, 4.69) is 34.1 Å². The van der Waals surface area contributed by atoms with Gasteiger partial charge in [0.05, 0.1) is 10.0 Å². The molecule has 27 heavy (non-hydrogen) atoms. The summed E-state index contributed by atoms with van der Waals surface area (Å²) < 4.78 is 0. The molecule has 2 aliphatic rings. The molecule has 0 bridgehead atoms. The first-order chi connectivity index (χ1) is 13.1. The highest BCUT2D eigenvalue weighted by Gasteiger charge is 2.30. The average Bonchev–Trinajstić information content (AvgIpc) is 2.70. The summed E-state index contributed by atoms with van der Waals surface area (Å²) in [6.45, 7) is 4.36. The summed E-state index contributed by atoms with van der Waals surface area (Å²) in [5.41, 5.74) is 3.86. The zero-order valence-corrected chi connectivity index (χ0v) is 16.8. The number of carbonyl (C=O) groups excluding carboxylic acids is 1. The van der Waals surface area contributed by atoms with E-state index in [0.29, 0.717) is 16.0 Å². The van der Waals surface area contributed by atoms with Gasteiger partial charge in [-0.1, -0.05) is 53.5 Å². The Balaban J connectivity index is 1.31. The van der Waals surface area contributed by atoms with E-state index in [1.807, 2.05) is 18.2 Å². The number of hydrogen-bond acceptors (Lipinski definition) is 2. The van der Waals surface area contributed by atoms with Crippen molar-refractivity contribution in [1.82, 2.24) is 9.80 Å². The second kappa shape index (κ2) is 8.22. The maximum atomic E-state index is 13.0. The zero-order chi connectivity index (χ0) is 18.8. The van der Waals surface area contributed by atoms with Crippen LogP contribution >= 0.6 is 23.2 Å². The minimum Gasteiger partial charge on any atom is -0.338 e. The van der Waals surface area contributed by atoms with Crippen LogP contribution < -0.4 is 0 Å². The van der Waals surface area contributed by atoms with Crippen LogP contribution in [0.1, 0.15) is 29.5 Å². The third-order valence-electron chi connectivity index (χ3n) is 5.77. The van der Waals surface area contributed by atoms with Gasteiger partial charge in [0, 0.05) is 25.6 Å². The fourth-order valence-electron chi connectivity index (χ4n) is 4.18. The fourth-order valence-corrected chi connectivity index (χ4v) is 4.50. The lowest BCUT2D eigenvalue weighted by atomic mass is 9.93. The predicted octanol–water partition coefficient (Wildman–Crippen LogP) is 4.79. The molecule has 0 aromatic heterocycles. The van der Waals surface area contributed by atoms with Crippen molar-refractivity contribution in [1.29, 1.82) is 0 Å². The molecule has 2 heterocycles. The first-order valence-corrected chi connectivity index (χ1v) is 10.4. The summed E-state index contributed by atoms with van der Waals surface area (Å²) in [6, 6.07) is 14.3. The van der Waals surface area contributed by atoms with Gasteiger partial charge in [-0.05, 0) is 61.2 Å². The lowest BCUT2D eigenvalue weighted by Crippen LogP contribution is -2.44. The first-order valence-electron chi connectivity index (χ1n) is 9.62. The number of halogens is 2. The number of nitrogens with zero attached hydrogens (tertiary/aromatic N) is 2. The molecule has 2 aliphatic heterocycles. The Hall–Kier alpha value is -1.55. The summed E-state index contributed by atoms with van der Waals surface area (Å²) in [5, 5.41) is 1.19. The summed E-state index contributed by atoms with van der Waals surface area (Å²) in [6.07, 6.45) is 2.83. The Kier molecular flexibility index (Phi) is 5.72. The van der Waals surface area contributed by atoms with Crippen molar-refractivity contribution < 1.29 is 4.79 Å². The summed E-state index contributed by atoms with van der Waals surface area (Å²) in [5.74, 6) is 0.485. The van der Waals surface area contributed by atoms with Gasteiger partial charge in [-0.15, -0.1) is 0 Å². The molecule has 142 valence electrons. The highest BCUT2D eigenvalue weighted by atomic mass is 35.5. The van der Waals surface area contributed by atoms with Gasteiger partial charge in [0.15, 0.2) is 0 Å². The second-order valence-electron chi connectivity index (χ2n) is 7.58. The van der Waals surface area contributed by atoms with Crippen LogP contribution in [0, 0.1) is 5.92 Å². The van der Waals surface area contributed by atoms with Crippen LogP contribution in [-0.4, -0.2) is 35.3 Å². The van der Waals surface area contributed by atoms with Crippen LogP contribution in [0.4, 0.5) is 0 Å². The monoisotopic (exact) mass is 402 g/mol. The van der Waals surface area contributed by atoms with Crippen molar-refractivity contribution in [2.45, 2.75) is 32.4 Å². The zero-order valence-electron chi connectivity index (χ0n) is 15.3. The van der Waals surface area contributed by atoms with Gasteiger partial charge in [0.2, 0.25) is 5.91 Å². The number of amides is 1. The van der Waals surface area contributed by atoms with Crippen molar-refractivity contribution in [2.24, 2.45) is 5.92 Å². The first kappa shape index (κ1) is 18.8. The molecule has 0 saturated carbocycles. The second-order valence-corrected chi connectivity index (χ2v) is 8.39. The Labute approximate surface area is 170 Å². The van der Waals surface area contributed by atoms with E-state index in [9.17, 15) is 4.79 Å². The number of benzene rings is 2. The van der Waals surface area contributed by atoms with Crippen molar-refractivity contribution in [3.63, 3.8) is 0 Å². The number of piperidine rings is 1. The highest BCUT2D eigenvalue weighted by Crippen LogP contribution is 2.27. The minimum absolute atomic E-state index is 0.153. The van der Waals surface area contributed by atoms with E-state index in [4.69, 9.17) is 23.2 Å². The average molecular weight is 403 g/mol. The molecule has 2 aromatic carbocycles. The van der Waals surface area contributed by atoms with Crippen LogP contribution in [0.25, 0.3) is 0 Å². The van der Waals surface area contributed by atoms with Crippen molar-refractivity contribution in [3.05, 3.63) is 69.2 Å². The maximum absolute atomic E-state index is 13.0. The number of rotatable bonds is 3. The Morgan fingerprint density at radius 3 is 2.44 bits per heavy atom. The molecule has 0 radical (unpaired) electrons. The minimum atomic E-state index is 0.153. The number of carbonyl (C=O) groups is 1. The van der Waals surface area contributed by atoms with E-state index in [1.165, 1.54) is 16.7 Å². The molecule has 1 fully saturated rings. The molecular weight excluding hydrogens is 379 g/mol. The standard InChI is InChI=1S/C22H24Cl2N2O/c23-20-6-5-16(13-21(20)24)14-25-10-7-18(8-11-25)22(27)26-12-9-17-3-1-2-4-19(17)15-26/h1-6,13,18H,7-12,14-15H2. The quantitative estimate of drug-likeness (QED) is 0.736. The Bertz CT molecular complexity index is 831.